The zero-order valence-electron chi connectivity index (χ0n) is 13.2. The van der Waals surface area contributed by atoms with Crippen molar-refractivity contribution in [1.29, 1.82) is 0 Å². The Hall–Kier alpha value is -2.24. The predicted molar refractivity (Wildman–Crippen MR) is 87.8 cm³/mol. The number of fused-ring (bicyclic) bond motifs is 2. The molecule has 2 aliphatic rings. The van der Waals surface area contributed by atoms with Gasteiger partial charge in [0.1, 0.15) is 17.4 Å². The molecule has 0 spiro atoms. The van der Waals surface area contributed by atoms with Gasteiger partial charge in [-0.15, -0.1) is 0 Å². The number of benzene rings is 1. The zero-order chi connectivity index (χ0) is 16.2. The summed E-state index contributed by atoms with van der Waals surface area (Å²) in [6.07, 6.45) is 6.45. The van der Waals surface area contributed by atoms with E-state index >= 15 is 0 Å². The number of nitrogens with zero attached hydrogens (tertiary/aromatic N) is 1. The Kier molecular flexibility index (Phi) is 4.69. The molecule has 2 atom stereocenters. The standard InChI is InChI=1S/C17H23N3O3/c18-17(19)20-12-6-7-13-15(10-12)22-9-8-11-4-2-1-3-5-14(11)23-16(13)21/h6-7,10-11,14H,1-5,8-9H2,(H4,18,19,20). The highest BCUT2D eigenvalue weighted by atomic mass is 16.5. The van der Waals surface area contributed by atoms with Crippen LogP contribution in [0.5, 0.6) is 5.75 Å². The van der Waals surface area contributed by atoms with Crippen molar-refractivity contribution in [2.75, 3.05) is 6.61 Å². The SMILES string of the molecule is NC(N)=Nc1ccc2c(c1)OCCC1CCCCCC1OC2=O. The van der Waals surface area contributed by atoms with Crippen LogP contribution in [0.3, 0.4) is 0 Å². The van der Waals surface area contributed by atoms with Gasteiger partial charge < -0.3 is 20.9 Å². The third kappa shape index (κ3) is 3.75. The van der Waals surface area contributed by atoms with E-state index in [0.29, 0.717) is 29.5 Å². The number of guanidine groups is 1. The highest BCUT2D eigenvalue weighted by Gasteiger charge is 2.30. The molecule has 1 aliphatic heterocycles. The summed E-state index contributed by atoms with van der Waals surface area (Å²) in [6.45, 7) is 0.566. The summed E-state index contributed by atoms with van der Waals surface area (Å²) in [5, 5.41) is 0. The van der Waals surface area contributed by atoms with Gasteiger partial charge in [-0.05, 0) is 43.7 Å². The maximum absolute atomic E-state index is 12.5. The van der Waals surface area contributed by atoms with E-state index in [-0.39, 0.29) is 18.0 Å². The lowest BCUT2D eigenvalue weighted by Crippen LogP contribution is -2.26. The van der Waals surface area contributed by atoms with Gasteiger partial charge in [0.2, 0.25) is 0 Å². The first-order valence-corrected chi connectivity index (χ1v) is 8.21. The lowest BCUT2D eigenvalue weighted by Gasteiger charge is -2.23. The maximum Gasteiger partial charge on any atom is 0.342 e. The van der Waals surface area contributed by atoms with E-state index in [1.54, 1.807) is 18.2 Å². The molecule has 1 aromatic rings. The third-order valence-corrected chi connectivity index (χ3v) is 4.54. The molecular formula is C17H23N3O3. The van der Waals surface area contributed by atoms with Gasteiger partial charge in [-0.1, -0.05) is 12.8 Å². The first kappa shape index (κ1) is 15.6. The molecule has 124 valence electrons. The van der Waals surface area contributed by atoms with Crippen LogP contribution in [-0.2, 0) is 4.74 Å². The fraction of sp³-hybridized carbons (Fsp3) is 0.529. The van der Waals surface area contributed by atoms with Crippen molar-refractivity contribution in [3.63, 3.8) is 0 Å². The summed E-state index contributed by atoms with van der Waals surface area (Å²) in [7, 11) is 0. The van der Waals surface area contributed by atoms with Crippen molar-refractivity contribution in [2.45, 2.75) is 44.6 Å². The summed E-state index contributed by atoms with van der Waals surface area (Å²) < 4.78 is 11.6. The Morgan fingerprint density at radius 3 is 2.78 bits per heavy atom. The number of carbonyl (C=O) groups is 1. The molecule has 0 bridgehead atoms. The van der Waals surface area contributed by atoms with Crippen molar-refractivity contribution < 1.29 is 14.3 Å². The van der Waals surface area contributed by atoms with Gasteiger partial charge >= 0.3 is 5.97 Å². The van der Waals surface area contributed by atoms with Crippen LogP contribution in [0, 0.1) is 5.92 Å². The number of ether oxygens (including phenoxy) is 2. The largest absolute Gasteiger partial charge is 0.493 e. The van der Waals surface area contributed by atoms with E-state index in [1.165, 1.54) is 12.8 Å². The molecule has 2 unspecified atom stereocenters. The fourth-order valence-electron chi connectivity index (χ4n) is 3.37. The number of rotatable bonds is 1. The average Bonchev–Trinajstić information content (AvgIpc) is 2.69. The molecule has 0 aromatic heterocycles. The van der Waals surface area contributed by atoms with Crippen molar-refractivity contribution in [3.8, 4) is 5.75 Å². The van der Waals surface area contributed by atoms with Crippen molar-refractivity contribution >= 4 is 17.6 Å². The molecule has 23 heavy (non-hydrogen) atoms. The van der Waals surface area contributed by atoms with E-state index in [9.17, 15) is 4.79 Å². The van der Waals surface area contributed by atoms with Crippen molar-refractivity contribution in [1.82, 2.24) is 0 Å². The van der Waals surface area contributed by atoms with Gasteiger partial charge in [0.05, 0.1) is 12.3 Å². The molecule has 6 heteroatoms. The number of carbonyl (C=O) groups excluding carboxylic acids is 1. The molecule has 3 rings (SSSR count). The normalized spacial score (nSPS) is 24.4. The first-order valence-electron chi connectivity index (χ1n) is 8.21. The Bertz CT molecular complexity index is 611. The van der Waals surface area contributed by atoms with Gasteiger partial charge in [-0.3, -0.25) is 0 Å². The average molecular weight is 317 g/mol. The van der Waals surface area contributed by atoms with Crippen molar-refractivity contribution in [2.24, 2.45) is 22.4 Å². The van der Waals surface area contributed by atoms with Crippen LogP contribution in [0.2, 0.25) is 0 Å². The molecule has 1 aliphatic carbocycles. The molecular weight excluding hydrogens is 294 g/mol. The topological polar surface area (TPSA) is 99.9 Å². The summed E-state index contributed by atoms with van der Waals surface area (Å²) >= 11 is 0. The maximum atomic E-state index is 12.5. The minimum atomic E-state index is -0.324. The van der Waals surface area contributed by atoms with E-state index in [4.69, 9.17) is 20.9 Å². The summed E-state index contributed by atoms with van der Waals surface area (Å²) in [5.74, 6) is 0.509. The van der Waals surface area contributed by atoms with Crippen LogP contribution in [0.1, 0.15) is 48.9 Å². The molecule has 1 heterocycles. The van der Waals surface area contributed by atoms with Crippen LogP contribution in [0.25, 0.3) is 0 Å². The highest BCUT2D eigenvalue weighted by molar-refractivity contribution is 5.93. The predicted octanol–water partition coefficient (Wildman–Crippen LogP) is 2.48. The smallest absolute Gasteiger partial charge is 0.342 e. The van der Waals surface area contributed by atoms with E-state index < -0.39 is 0 Å². The first-order chi connectivity index (χ1) is 11.1. The Balaban J connectivity index is 1.88. The molecule has 6 nitrogen and oxygen atoms in total. The lowest BCUT2D eigenvalue weighted by atomic mass is 9.94. The second kappa shape index (κ2) is 6.89. The third-order valence-electron chi connectivity index (χ3n) is 4.54. The van der Waals surface area contributed by atoms with Gasteiger partial charge in [-0.25, -0.2) is 9.79 Å². The van der Waals surface area contributed by atoms with E-state index in [2.05, 4.69) is 4.99 Å². The minimum Gasteiger partial charge on any atom is -0.493 e. The number of esters is 1. The molecule has 4 N–H and O–H groups in total. The molecule has 1 aromatic carbocycles. The molecule has 1 saturated carbocycles. The van der Waals surface area contributed by atoms with Crippen LogP contribution in [-0.4, -0.2) is 24.6 Å². The fourth-order valence-corrected chi connectivity index (χ4v) is 3.37. The molecule has 1 fully saturated rings. The Morgan fingerprint density at radius 2 is 1.96 bits per heavy atom. The Labute approximate surface area is 135 Å². The van der Waals surface area contributed by atoms with Gasteiger partial charge in [0.25, 0.3) is 0 Å². The number of aliphatic imine (C=N–C) groups is 1. The van der Waals surface area contributed by atoms with Gasteiger partial charge in [-0.2, -0.15) is 0 Å². The summed E-state index contributed by atoms with van der Waals surface area (Å²) in [6, 6.07) is 5.03. The second-order valence-electron chi connectivity index (χ2n) is 6.20. The van der Waals surface area contributed by atoms with E-state index in [1.807, 2.05) is 0 Å². The second-order valence-corrected chi connectivity index (χ2v) is 6.20. The van der Waals surface area contributed by atoms with E-state index in [0.717, 1.165) is 25.7 Å². The van der Waals surface area contributed by atoms with Crippen LogP contribution in [0.4, 0.5) is 5.69 Å². The summed E-state index contributed by atoms with van der Waals surface area (Å²) in [4.78, 5) is 16.5. The van der Waals surface area contributed by atoms with Gasteiger partial charge in [0.15, 0.2) is 5.96 Å². The van der Waals surface area contributed by atoms with Crippen LogP contribution < -0.4 is 16.2 Å². The lowest BCUT2D eigenvalue weighted by molar-refractivity contribution is 0.0105. The number of hydrogen-bond acceptors (Lipinski definition) is 4. The quantitative estimate of drug-likeness (QED) is 0.471. The number of hydrogen-bond donors (Lipinski definition) is 2. The molecule has 0 saturated heterocycles. The number of nitrogens with two attached hydrogens (primary N) is 2. The summed E-state index contributed by atoms with van der Waals surface area (Å²) in [5.41, 5.74) is 11.8. The Morgan fingerprint density at radius 1 is 1.13 bits per heavy atom. The van der Waals surface area contributed by atoms with Crippen molar-refractivity contribution in [3.05, 3.63) is 23.8 Å². The van der Waals surface area contributed by atoms with Gasteiger partial charge in [0, 0.05) is 6.07 Å². The highest BCUT2D eigenvalue weighted by Crippen LogP contribution is 2.33. The molecule has 0 amide bonds. The minimum absolute atomic E-state index is 0.00284. The van der Waals surface area contributed by atoms with Crippen LogP contribution >= 0.6 is 0 Å². The monoisotopic (exact) mass is 317 g/mol. The molecule has 0 radical (unpaired) electrons. The van der Waals surface area contributed by atoms with Crippen LogP contribution in [0.15, 0.2) is 23.2 Å². The zero-order valence-corrected chi connectivity index (χ0v) is 13.2.